The highest BCUT2D eigenvalue weighted by molar-refractivity contribution is 7.88. The quantitative estimate of drug-likeness (QED) is 0.128. The van der Waals surface area contributed by atoms with Crippen LogP contribution < -0.4 is 21.1 Å². The smallest absolute Gasteiger partial charge is 0.338 e. The zero-order valence-electron chi connectivity index (χ0n) is 30.9. The van der Waals surface area contributed by atoms with Gasteiger partial charge in [0.2, 0.25) is 21.7 Å². The third-order valence-corrected chi connectivity index (χ3v) is 8.54. The molecule has 2 amide bonds. The van der Waals surface area contributed by atoms with Crippen LogP contribution in [-0.2, 0) is 36.5 Å². The average Bonchev–Trinajstić information content (AvgIpc) is 3.98. The summed E-state index contributed by atoms with van der Waals surface area (Å²) >= 11 is 0. The molecule has 0 radical (unpaired) electrons. The summed E-state index contributed by atoms with van der Waals surface area (Å²) in [6.07, 6.45) is -8.58. The number of aryl methyl sites for hydroxylation is 2. The van der Waals surface area contributed by atoms with E-state index in [-0.39, 0.29) is 41.2 Å². The molecule has 320 valence electrons. The number of hydrogen-bond donors (Lipinski definition) is 4. The number of nitrogens with one attached hydrogen (secondary N) is 3. The molecule has 0 aliphatic carbocycles. The molecular formula is C33H30F8N12O6S. The van der Waals surface area contributed by atoms with Crippen molar-refractivity contribution in [1.82, 2.24) is 55.2 Å². The van der Waals surface area contributed by atoms with Crippen molar-refractivity contribution in [2.45, 2.75) is 24.4 Å². The lowest BCUT2D eigenvalue weighted by atomic mass is 10.2. The molecule has 0 aliphatic rings. The van der Waals surface area contributed by atoms with Crippen LogP contribution in [0.1, 0.15) is 56.2 Å². The van der Waals surface area contributed by atoms with Gasteiger partial charge < -0.3 is 25.4 Å². The van der Waals surface area contributed by atoms with Gasteiger partial charge in [0.1, 0.15) is 35.1 Å². The van der Waals surface area contributed by atoms with E-state index in [9.17, 15) is 53.1 Å². The van der Waals surface area contributed by atoms with Crippen LogP contribution in [0.4, 0.5) is 35.1 Å². The van der Waals surface area contributed by atoms with E-state index in [1.54, 1.807) is 6.07 Å². The summed E-state index contributed by atoms with van der Waals surface area (Å²) < 4.78 is 140. The predicted octanol–water partition coefficient (Wildman–Crippen LogP) is 3.71. The molecule has 0 fully saturated rings. The van der Waals surface area contributed by atoms with Crippen LogP contribution in [-0.4, -0.2) is 79.4 Å². The van der Waals surface area contributed by atoms with Crippen LogP contribution in [0.5, 0.6) is 0 Å². The third kappa shape index (κ3) is 11.3. The number of alkyl halides is 6. The molecule has 0 saturated heterocycles. The van der Waals surface area contributed by atoms with Gasteiger partial charge >= 0.3 is 12.4 Å². The molecular weight excluding hydrogens is 844 g/mol. The lowest BCUT2D eigenvalue weighted by Crippen LogP contribution is -2.38. The van der Waals surface area contributed by atoms with Gasteiger partial charge in [0.25, 0.3) is 23.6 Å². The second kappa shape index (κ2) is 17.7. The first-order valence-corrected chi connectivity index (χ1v) is 18.6. The highest BCUT2D eigenvalue weighted by Gasteiger charge is 2.37. The van der Waals surface area contributed by atoms with Crippen molar-refractivity contribution >= 4 is 21.8 Å². The van der Waals surface area contributed by atoms with Crippen LogP contribution >= 0.6 is 0 Å². The average molecular weight is 875 g/mol. The van der Waals surface area contributed by atoms with Crippen LogP contribution in [0.3, 0.4) is 0 Å². The Morgan fingerprint density at radius 3 is 1.52 bits per heavy atom. The van der Waals surface area contributed by atoms with E-state index in [1.165, 1.54) is 43.4 Å². The van der Waals surface area contributed by atoms with E-state index in [2.05, 4.69) is 45.8 Å². The fourth-order valence-corrected chi connectivity index (χ4v) is 5.47. The number of hydrogen-bond acceptors (Lipinski definition) is 13. The molecule has 5 N–H and O–H groups in total. The lowest BCUT2D eigenvalue weighted by Gasteiger charge is -2.15. The highest BCUT2D eigenvalue weighted by atomic mass is 32.2. The molecule has 2 atom stereocenters. The molecule has 18 nitrogen and oxygen atoms in total. The number of sulfonamides is 1. The van der Waals surface area contributed by atoms with E-state index < -0.39 is 81.5 Å². The van der Waals surface area contributed by atoms with Gasteiger partial charge in [0, 0.05) is 50.4 Å². The van der Waals surface area contributed by atoms with Crippen molar-refractivity contribution in [2.24, 2.45) is 19.8 Å². The summed E-state index contributed by atoms with van der Waals surface area (Å²) in [5.74, 6) is -3.22. The number of benzene rings is 2. The van der Waals surface area contributed by atoms with Gasteiger partial charge in [-0.2, -0.15) is 46.5 Å². The molecule has 4 aromatic heterocycles. The van der Waals surface area contributed by atoms with Gasteiger partial charge in [-0.3, -0.25) is 19.0 Å². The minimum absolute atomic E-state index is 0.0435. The summed E-state index contributed by atoms with van der Waals surface area (Å²) in [5.41, 5.74) is 2.97. The largest absolute Gasteiger partial charge is 0.435 e. The number of amides is 2. The summed E-state index contributed by atoms with van der Waals surface area (Å²) in [6.45, 7) is -0.611. The molecule has 60 heavy (non-hydrogen) atoms. The first-order chi connectivity index (χ1) is 28.0. The molecule has 0 spiro atoms. The number of rotatable bonds is 12. The van der Waals surface area contributed by atoms with Crippen molar-refractivity contribution in [3.05, 3.63) is 107 Å². The van der Waals surface area contributed by atoms with Crippen LogP contribution in [0.15, 0.2) is 69.7 Å². The van der Waals surface area contributed by atoms with Crippen LogP contribution in [0.2, 0.25) is 0 Å². The fraction of sp³-hybridized carbons (Fsp3) is 0.273. The third-order valence-electron chi connectivity index (χ3n) is 7.85. The predicted molar refractivity (Wildman–Crippen MR) is 188 cm³/mol. The monoisotopic (exact) mass is 874 g/mol. The summed E-state index contributed by atoms with van der Waals surface area (Å²) in [6, 6.07) is 9.64. The first kappa shape index (κ1) is 44.5. The van der Waals surface area contributed by atoms with Gasteiger partial charge in [-0.05, 0) is 24.3 Å². The minimum atomic E-state index is -4.76. The molecule has 4 heterocycles. The molecule has 6 rings (SSSR count). The standard InChI is InChI=1S/C17H16F4N6O4S.C16H14F4N6O2/c1-27-12(7-13(25-27)17(19,20)21)15(28)23-11(8-22-32(2,29)30)16-24-14(26-31-16)9-4-3-5-10(18)6-9;1-26-11(6-12(24-26)16(18,19)20)14(27)22-10(7-21)15-23-13(25-28-15)8-3-2-4-9(17)5-8/h3-7,11,22H,8H2,1-2H3,(H,23,28);2-6,10H,7,21H2,1H3,(H,22,27). The summed E-state index contributed by atoms with van der Waals surface area (Å²) in [5, 5.41) is 18.7. The van der Waals surface area contributed by atoms with E-state index >= 15 is 0 Å². The maximum Gasteiger partial charge on any atom is 0.435 e. The lowest BCUT2D eigenvalue weighted by molar-refractivity contribution is -0.142. The topological polar surface area (TPSA) is 244 Å². The Bertz CT molecular complexity index is 2590. The molecule has 27 heteroatoms. The first-order valence-electron chi connectivity index (χ1n) is 16.7. The molecule has 0 bridgehead atoms. The summed E-state index contributed by atoms with van der Waals surface area (Å²) in [7, 11) is -1.36. The SMILES string of the molecule is Cn1nc(C(F)(F)F)cc1C(=O)NC(CN)c1nc(-c2cccc(F)c2)no1.Cn1nc(C(F)(F)F)cc1C(=O)NC(CNS(C)(=O)=O)c1nc(-c2cccc(F)c2)no1. The van der Waals surface area contributed by atoms with Crippen LogP contribution in [0, 0.1) is 11.6 Å². The fourth-order valence-electron chi connectivity index (χ4n) is 5.00. The normalized spacial score (nSPS) is 13.0. The number of carbonyl (C=O) groups is 2. The molecule has 6 aromatic rings. The Labute approximate surface area is 332 Å². The van der Waals surface area contributed by atoms with E-state index in [0.717, 1.165) is 28.7 Å². The number of aromatic nitrogens is 8. The van der Waals surface area contributed by atoms with Gasteiger partial charge in [-0.25, -0.2) is 21.9 Å². The Morgan fingerprint density at radius 2 is 1.15 bits per heavy atom. The van der Waals surface area contributed by atoms with Gasteiger partial charge in [0.05, 0.1) is 6.26 Å². The second-order valence-corrected chi connectivity index (χ2v) is 14.2. The number of nitrogens with zero attached hydrogens (tertiary/aromatic N) is 8. The Balaban J connectivity index is 0.000000230. The van der Waals surface area contributed by atoms with Crippen LogP contribution in [0.25, 0.3) is 22.8 Å². The van der Waals surface area contributed by atoms with Crippen molar-refractivity contribution in [3.8, 4) is 22.8 Å². The van der Waals surface area contributed by atoms with E-state index in [1.807, 2.05) is 0 Å². The Kier molecular flexibility index (Phi) is 13.1. The number of halogens is 8. The second-order valence-electron chi connectivity index (χ2n) is 12.4. The van der Waals surface area contributed by atoms with Crippen molar-refractivity contribution in [1.29, 1.82) is 0 Å². The maximum atomic E-state index is 13.4. The van der Waals surface area contributed by atoms with Gasteiger partial charge in [0.15, 0.2) is 11.4 Å². The zero-order valence-corrected chi connectivity index (χ0v) is 31.7. The molecule has 0 saturated carbocycles. The Morgan fingerprint density at radius 1 is 0.733 bits per heavy atom. The van der Waals surface area contributed by atoms with E-state index in [0.29, 0.717) is 17.7 Å². The zero-order chi connectivity index (χ0) is 44.2. The minimum Gasteiger partial charge on any atom is -0.338 e. The summed E-state index contributed by atoms with van der Waals surface area (Å²) in [4.78, 5) is 33.0. The molecule has 0 aliphatic heterocycles. The number of nitrogens with two attached hydrogens (primary N) is 1. The Hall–Kier alpha value is -6.61. The van der Waals surface area contributed by atoms with E-state index in [4.69, 9.17) is 14.8 Å². The van der Waals surface area contributed by atoms with Crippen molar-refractivity contribution in [2.75, 3.05) is 19.3 Å². The van der Waals surface area contributed by atoms with Crippen molar-refractivity contribution in [3.63, 3.8) is 0 Å². The number of carbonyl (C=O) groups excluding carboxylic acids is 2. The van der Waals surface area contributed by atoms with Gasteiger partial charge in [-0.15, -0.1) is 0 Å². The molecule has 2 aromatic carbocycles. The van der Waals surface area contributed by atoms with Gasteiger partial charge in [-0.1, -0.05) is 34.6 Å². The van der Waals surface area contributed by atoms with Crippen molar-refractivity contribution < 1.29 is 62.2 Å². The molecule has 2 unspecified atom stereocenters. The highest BCUT2D eigenvalue weighted by Crippen LogP contribution is 2.30. The maximum absolute atomic E-state index is 13.4.